The molecule has 0 aromatic heterocycles. The Balaban J connectivity index is 3.82. The van der Waals surface area contributed by atoms with Gasteiger partial charge in [0, 0.05) is 0 Å². The van der Waals surface area contributed by atoms with Gasteiger partial charge in [-0.1, -0.05) is 0 Å². The topological polar surface area (TPSA) is 37.3 Å². The minimum absolute atomic E-state index is 0.178. The molecule has 0 aromatic rings. The number of allylic oxidation sites excluding steroid dienone is 1. The van der Waals surface area contributed by atoms with Crippen LogP contribution in [0, 0.1) is 0 Å². The lowest BCUT2D eigenvalue weighted by molar-refractivity contribution is -0.113. The maximum absolute atomic E-state index is 10.1. The summed E-state index contributed by atoms with van der Waals surface area (Å²) in [5.74, 6) is -0.178. The molecule has 2 nitrogen and oxygen atoms in total. The standard InChI is InChI=1S/C4H5BrO2/c1-3(7)4(5)2-6/h2,6H,1H3/b4-2+. The van der Waals surface area contributed by atoms with Crippen LogP contribution in [0.3, 0.4) is 0 Å². The minimum Gasteiger partial charge on any atom is -0.514 e. The van der Waals surface area contributed by atoms with Gasteiger partial charge in [-0.3, -0.25) is 4.79 Å². The van der Waals surface area contributed by atoms with Crippen LogP contribution in [-0.2, 0) is 4.79 Å². The molecule has 0 unspecified atom stereocenters. The third-order valence-corrected chi connectivity index (χ3v) is 1.21. The van der Waals surface area contributed by atoms with Crippen molar-refractivity contribution in [1.29, 1.82) is 0 Å². The molecule has 0 aliphatic carbocycles. The second kappa shape index (κ2) is 2.80. The van der Waals surface area contributed by atoms with Crippen molar-refractivity contribution in [3.05, 3.63) is 10.7 Å². The molecule has 7 heavy (non-hydrogen) atoms. The molecule has 0 fully saturated rings. The molecule has 40 valence electrons. The Morgan fingerprint density at radius 2 is 2.29 bits per heavy atom. The van der Waals surface area contributed by atoms with Gasteiger partial charge in [0.15, 0.2) is 5.78 Å². The van der Waals surface area contributed by atoms with Gasteiger partial charge in [0.25, 0.3) is 0 Å². The molecule has 0 saturated carbocycles. The first-order valence-corrected chi connectivity index (χ1v) is 2.48. The molecule has 0 atom stereocenters. The van der Waals surface area contributed by atoms with Gasteiger partial charge in [-0.05, 0) is 22.9 Å². The van der Waals surface area contributed by atoms with E-state index in [1.165, 1.54) is 6.92 Å². The van der Waals surface area contributed by atoms with Gasteiger partial charge in [0.1, 0.15) is 0 Å². The molecule has 0 aliphatic heterocycles. The highest BCUT2D eigenvalue weighted by Gasteiger charge is 1.93. The molecule has 0 aromatic carbocycles. The zero-order valence-corrected chi connectivity index (χ0v) is 5.40. The summed E-state index contributed by atoms with van der Waals surface area (Å²) >= 11 is 2.80. The third-order valence-electron chi connectivity index (χ3n) is 0.450. The van der Waals surface area contributed by atoms with Crippen molar-refractivity contribution in [3.63, 3.8) is 0 Å². The zero-order valence-electron chi connectivity index (χ0n) is 3.81. The SMILES string of the molecule is CC(=O)/C(Br)=C\O. The highest BCUT2D eigenvalue weighted by Crippen LogP contribution is 2.02. The molecular weight excluding hydrogens is 160 g/mol. The predicted molar refractivity (Wildman–Crippen MR) is 30.3 cm³/mol. The highest BCUT2D eigenvalue weighted by atomic mass is 79.9. The van der Waals surface area contributed by atoms with Crippen LogP contribution in [0.25, 0.3) is 0 Å². The molecule has 0 radical (unpaired) electrons. The summed E-state index contributed by atoms with van der Waals surface area (Å²) in [6.45, 7) is 1.36. The van der Waals surface area contributed by atoms with Gasteiger partial charge >= 0.3 is 0 Å². The number of carbonyl (C=O) groups is 1. The van der Waals surface area contributed by atoms with Gasteiger partial charge in [0.05, 0.1) is 10.7 Å². The Labute approximate surface area is 50.0 Å². The molecule has 0 heterocycles. The average Bonchev–Trinajstić information content (AvgIpc) is 1.65. The summed E-state index contributed by atoms with van der Waals surface area (Å²) in [5.41, 5.74) is 0. The maximum Gasteiger partial charge on any atom is 0.169 e. The molecule has 0 amide bonds. The molecule has 3 heteroatoms. The molecule has 1 N–H and O–H groups in total. The summed E-state index contributed by atoms with van der Waals surface area (Å²) in [5, 5.41) is 8.08. The minimum atomic E-state index is -0.178. The van der Waals surface area contributed by atoms with E-state index in [9.17, 15) is 4.79 Å². The van der Waals surface area contributed by atoms with Gasteiger partial charge in [-0.25, -0.2) is 0 Å². The molecule has 0 saturated heterocycles. The van der Waals surface area contributed by atoms with Crippen LogP contribution in [0.1, 0.15) is 6.92 Å². The highest BCUT2D eigenvalue weighted by molar-refractivity contribution is 9.12. The molecule has 0 spiro atoms. The summed E-state index contributed by atoms with van der Waals surface area (Å²) in [4.78, 5) is 10.1. The van der Waals surface area contributed by atoms with E-state index in [-0.39, 0.29) is 10.3 Å². The Bertz CT molecular complexity index is 106. The van der Waals surface area contributed by atoms with Crippen molar-refractivity contribution in [2.24, 2.45) is 0 Å². The molecular formula is C4H5BrO2. The van der Waals surface area contributed by atoms with Crippen LogP contribution in [0.15, 0.2) is 10.7 Å². The largest absolute Gasteiger partial charge is 0.514 e. The lowest BCUT2D eigenvalue weighted by Crippen LogP contribution is -1.85. The summed E-state index contributed by atoms with van der Waals surface area (Å²) in [6, 6.07) is 0. The van der Waals surface area contributed by atoms with Crippen LogP contribution in [0.5, 0.6) is 0 Å². The van der Waals surface area contributed by atoms with E-state index < -0.39 is 0 Å². The van der Waals surface area contributed by atoms with Crippen LogP contribution >= 0.6 is 15.9 Å². The van der Waals surface area contributed by atoms with Crippen molar-refractivity contribution >= 4 is 21.7 Å². The van der Waals surface area contributed by atoms with Gasteiger partial charge in [-0.15, -0.1) is 0 Å². The number of hydrogen-bond acceptors (Lipinski definition) is 2. The van der Waals surface area contributed by atoms with E-state index in [0.717, 1.165) is 6.26 Å². The number of ketones is 1. The third kappa shape index (κ3) is 2.39. The number of carbonyl (C=O) groups excluding carboxylic acids is 1. The molecule has 0 rings (SSSR count). The van der Waals surface area contributed by atoms with E-state index in [0.29, 0.717) is 0 Å². The number of aliphatic hydroxyl groups excluding tert-OH is 1. The van der Waals surface area contributed by atoms with Crippen LogP contribution in [0.2, 0.25) is 0 Å². The van der Waals surface area contributed by atoms with Crippen molar-refractivity contribution < 1.29 is 9.90 Å². The number of aliphatic hydroxyl groups is 1. The van der Waals surface area contributed by atoms with Gasteiger partial charge < -0.3 is 5.11 Å². The van der Waals surface area contributed by atoms with Crippen LogP contribution in [-0.4, -0.2) is 10.9 Å². The monoisotopic (exact) mass is 164 g/mol. The fourth-order valence-electron chi connectivity index (χ4n) is 0.0909. The Hall–Kier alpha value is -0.310. The first-order chi connectivity index (χ1) is 3.18. The summed E-state index contributed by atoms with van der Waals surface area (Å²) in [6.07, 6.45) is 0.725. The summed E-state index contributed by atoms with van der Waals surface area (Å²) < 4.78 is 0.201. The van der Waals surface area contributed by atoms with E-state index in [2.05, 4.69) is 15.9 Å². The maximum atomic E-state index is 10.1. The fourth-order valence-corrected chi connectivity index (χ4v) is 0.0909. The second-order valence-electron chi connectivity index (χ2n) is 1.03. The number of halogens is 1. The Kier molecular flexibility index (Phi) is 2.67. The Morgan fingerprint density at radius 1 is 1.86 bits per heavy atom. The number of rotatable bonds is 1. The molecule has 0 aliphatic rings. The van der Waals surface area contributed by atoms with Crippen molar-refractivity contribution in [1.82, 2.24) is 0 Å². The molecule has 0 bridgehead atoms. The number of hydrogen-bond donors (Lipinski definition) is 1. The van der Waals surface area contributed by atoms with E-state index in [1.807, 2.05) is 0 Å². The van der Waals surface area contributed by atoms with E-state index >= 15 is 0 Å². The number of Topliss-reactive ketones (excluding diaryl/α,β-unsaturated/α-hetero) is 1. The normalized spacial score (nSPS) is 11.4. The average molecular weight is 165 g/mol. The predicted octanol–water partition coefficient (Wildman–Crippen LogP) is 1.37. The Morgan fingerprint density at radius 3 is 2.29 bits per heavy atom. The van der Waals surface area contributed by atoms with Gasteiger partial charge in [0.2, 0.25) is 0 Å². The van der Waals surface area contributed by atoms with Crippen molar-refractivity contribution in [2.75, 3.05) is 0 Å². The second-order valence-corrected chi connectivity index (χ2v) is 1.89. The lowest BCUT2D eigenvalue weighted by Gasteiger charge is -1.81. The quantitative estimate of drug-likeness (QED) is 0.470. The zero-order chi connectivity index (χ0) is 5.86. The van der Waals surface area contributed by atoms with Crippen LogP contribution in [0.4, 0.5) is 0 Å². The van der Waals surface area contributed by atoms with Crippen molar-refractivity contribution in [2.45, 2.75) is 6.92 Å². The fraction of sp³-hybridized carbons (Fsp3) is 0.250. The van der Waals surface area contributed by atoms with E-state index in [4.69, 9.17) is 5.11 Å². The van der Waals surface area contributed by atoms with Crippen LogP contribution < -0.4 is 0 Å². The summed E-state index contributed by atoms with van der Waals surface area (Å²) in [7, 11) is 0. The van der Waals surface area contributed by atoms with E-state index in [1.54, 1.807) is 0 Å². The first-order valence-electron chi connectivity index (χ1n) is 1.69. The first kappa shape index (κ1) is 6.69. The van der Waals surface area contributed by atoms with Crippen molar-refractivity contribution in [3.8, 4) is 0 Å². The smallest absolute Gasteiger partial charge is 0.169 e. The lowest BCUT2D eigenvalue weighted by atomic mass is 10.4. The van der Waals surface area contributed by atoms with Gasteiger partial charge in [-0.2, -0.15) is 0 Å².